The van der Waals surface area contributed by atoms with Crippen molar-refractivity contribution in [3.63, 3.8) is 0 Å². The summed E-state index contributed by atoms with van der Waals surface area (Å²) in [6, 6.07) is 28.9. The lowest BCUT2D eigenvalue weighted by molar-refractivity contribution is -0.117. The lowest BCUT2D eigenvalue weighted by Gasteiger charge is -2.25. The molecule has 3 aromatic carbocycles. The van der Waals surface area contributed by atoms with Crippen molar-refractivity contribution in [1.82, 2.24) is 5.32 Å². The van der Waals surface area contributed by atoms with Gasteiger partial charge in [0.05, 0.1) is 0 Å². The molecule has 0 aliphatic carbocycles. The number of para-hydroxylation sites is 2. The van der Waals surface area contributed by atoms with Gasteiger partial charge in [0, 0.05) is 29.2 Å². The van der Waals surface area contributed by atoms with E-state index >= 15 is 0 Å². The quantitative estimate of drug-likeness (QED) is 0.511. The molecular formula is C25H26N2O. The number of nitrogens with one attached hydrogen (secondary N) is 1. The molecule has 1 amide bonds. The highest BCUT2D eigenvalue weighted by molar-refractivity contribution is 5.97. The maximum atomic E-state index is 12.1. The standard InChI is InChI=1S/C25H26N2O/c1-3-21(25(28)26-4-2)19-20-15-17-24(18-16-20)27(22-11-7-5-8-12-22)23-13-9-6-10-14-23/h5-19H,3-4H2,1-2H3,(H,26,28)/b21-19-. The van der Waals surface area contributed by atoms with Gasteiger partial charge in [-0.2, -0.15) is 0 Å². The maximum absolute atomic E-state index is 12.1. The first kappa shape index (κ1) is 19.4. The number of rotatable bonds is 7. The fourth-order valence-corrected chi connectivity index (χ4v) is 3.12. The normalized spacial score (nSPS) is 11.1. The SMILES string of the molecule is CCNC(=O)/C(=C\c1ccc(N(c2ccccc2)c2ccccc2)cc1)CC. The lowest BCUT2D eigenvalue weighted by atomic mass is 10.1. The van der Waals surface area contributed by atoms with Gasteiger partial charge in [0.15, 0.2) is 0 Å². The van der Waals surface area contributed by atoms with Crippen molar-refractivity contribution in [1.29, 1.82) is 0 Å². The molecule has 0 unspecified atom stereocenters. The third-order valence-electron chi connectivity index (χ3n) is 4.53. The second kappa shape index (κ2) is 9.56. The Morgan fingerprint density at radius 1 is 0.786 bits per heavy atom. The van der Waals surface area contributed by atoms with E-state index in [4.69, 9.17) is 0 Å². The zero-order valence-electron chi connectivity index (χ0n) is 16.4. The minimum absolute atomic E-state index is 0.00396. The van der Waals surface area contributed by atoms with E-state index < -0.39 is 0 Å². The van der Waals surface area contributed by atoms with Gasteiger partial charge in [-0.1, -0.05) is 55.5 Å². The average Bonchev–Trinajstić information content (AvgIpc) is 2.75. The minimum atomic E-state index is 0.00396. The van der Waals surface area contributed by atoms with Gasteiger partial charge in [0.2, 0.25) is 5.91 Å². The van der Waals surface area contributed by atoms with E-state index in [1.807, 2.05) is 56.3 Å². The largest absolute Gasteiger partial charge is 0.353 e. The first-order valence-corrected chi connectivity index (χ1v) is 9.72. The van der Waals surface area contributed by atoms with Crippen LogP contribution in [0.15, 0.2) is 90.5 Å². The van der Waals surface area contributed by atoms with E-state index in [1.165, 1.54) is 0 Å². The third-order valence-corrected chi connectivity index (χ3v) is 4.53. The molecule has 3 heteroatoms. The van der Waals surface area contributed by atoms with E-state index in [-0.39, 0.29) is 5.91 Å². The Labute approximate surface area is 167 Å². The number of hydrogen-bond acceptors (Lipinski definition) is 2. The molecule has 142 valence electrons. The van der Waals surface area contributed by atoms with Gasteiger partial charge in [-0.25, -0.2) is 0 Å². The monoisotopic (exact) mass is 370 g/mol. The average molecular weight is 370 g/mol. The summed E-state index contributed by atoms with van der Waals surface area (Å²) in [5.74, 6) is 0.00396. The maximum Gasteiger partial charge on any atom is 0.247 e. The highest BCUT2D eigenvalue weighted by Crippen LogP contribution is 2.34. The highest BCUT2D eigenvalue weighted by Gasteiger charge is 2.12. The highest BCUT2D eigenvalue weighted by atomic mass is 16.1. The topological polar surface area (TPSA) is 32.3 Å². The molecule has 0 aromatic heterocycles. The predicted molar refractivity (Wildman–Crippen MR) is 118 cm³/mol. The molecule has 1 N–H and O–H groups in total. The number of carbonyl (C=O) groups is 1. The van der Waals surface area contributed by atoms with Crippen LogP contribution in [0.4, 0.5) is 17.1 Å². The minimum Gasteiger partial charge on any atom is -0.353 e. The predicted octanol–water partition coefficient (Wildman–Crippen LogP) is 6.09. The second-order valence-corrected chi connectivity index (χ2v) is 6.48. The summed E-state index contributed by atoms with van der Waals surface area (Å²) >= 11 is 0. The van der Waals surface area contributed by atoms with Crippen molar-refractivity contribution in [3.8, 4) is 0 Å². The van der Waals surface area contributed by atoms with Crippen molar-refractivity contribution < 1.29 is 4.79 Å². The van der Waals surface area contributed by atoms with E-state index in [0.717, 1.165) is 28.2 Å². The Morgan fingerprint density at radius 3 is 1.75 bits per heavy atom. The summed E-state index contributed by atoms with van der Waals surface area (Å²) in [7, 11) is 0. The van der Waals surface area contributed by atoms with Gasteiger partial charge in [0.25, 0.3) is 0 Å². The van der Waals surface area contributed by atoms with Gasteiger partial charge in [0.1, 0.15) is 0 Å². The molecule has 0 saturated carbocycles. The molecule has 0 heterocycles. The van der Waals surface area contributed by atoms with Crippen LogP contribution in [0.3, 0.4) is 0 Å². The van der Waals surface area contributed by atoms with Crippen LogP contribution in [-0.2, 0) is 4.79 Å². The first-order chi connectivity index (χ1) is 13.7. The zero-order chi connectivity index (χ0) is 19.8. The van der Waals surface area contributed by atoms with Gasteiger partial charge in [-0.15, -0.1) is 0 Å². The molecule has 3 aromatic rings. The number of nitrogens with zero attached hydrogens (tertiary/aromatic N) is 1. The van der Waals surface area contributed by atoms with Gasteiger partial charge in [-0.05, 0) is 61.4 Å². The molecule has 0 fully saturated rings. The van der Waals surface area contributed by atoms with Crippen molar-refractivity contribution in [2.75, 3.05) is 11.4 Å². The number of benzene rings is 3. The van der Waals surface area contributed by atoms with Crippen molar-refractivity contribution in [2.24, 2.45) is 0 Å². The Balaban J connectivity index is 1.94. The smallest absolute Gasteiger partial charge is 0.247 e. The van der Waals surface area contributed by atoms with Gasteiger partial charge >= 0.3 is 0 Å². The Bertz CT molecular complexity index is 876. The van der Waals surface area contributed by atoms with Crippen molar-refractivity contribution >= 4 is 29.0 Å². The Morgan fingerprint density at radius 2 is 1.29 bits per heavy atom. The zero-order valence-corrected chi connectivity index (χ0v) is 16.4. The fraction of sp³-hybridized carbons (Fsp3) is 0.160. The molecule has 0 spiro atoms. The molecule has 0 bridgehead atoms. The van der Waals surface area contributed by atoms with Crippen LogP contribution in [0.5, 0.6) is 0 Å². The lowest BCUT2D eigenvalue weighted by Crippen LogP contribution is -2.24. The van der Waals surface area contributed by atoms with Gasteiger partial charge in [-0.3, -0.25) is 4.79 Å². The number of hydrogen-bond donors (Lipinski definition) is 1. The summed E-state index contributed by atoms with van der Waals surface area (Å²) in [6.45, 7) is 4.57. The number of likely N-dealkylation sites (N-methyl/N-ethyl adjacent to an activating group) is 1. The van der Waals surface area contributed by atoms with E-state index in [0.29, 0.717) is 13.0 Å². The van der Waals surface area contributed by atoms with Crippen molar-refractivity contribution in [3.05, 3.63) is 96.1 Å². The molecule has 0 saturated heterocycles. The fourth-order valence-electron chi connectivity index (χ4n) is 3.12. The molecular weight excluding hydrogens is 344 g/mol. The van der Waals surface area contributed by atoms with E-state index in [2.05, 4.69) is 58.7 Å². The second-order valence-electron chi connectivity index (χ2n) is 6.48. The summed E-state index contributed by atoms with van der Waals surface area (Å²) in [4.78, 5) is 14.4. The Kier molecular flexibility index (Phi) is 6.64. The van der Waals surface area contributed by atoms with Crippen LogP contribution in [-0.4, -0.2) is 12.5 Å². The summed E-state index contributed by atoms with van der Waals surface area (Å²) < 4.78 is 0. The first-order valence-electron chi connectivity index (χ1n) is 9.72. The van der Waals surface area contributed by atoms with Crippen molar-refractivity contribution in [2.45, 2.75) is 20.3 Å². The third kappa shape index (κ3) is 4.68. The molecule has 3 nitrogen and oxygen atoms in total. The van der Waals surface area contributed by atoms with E-state index in [9.17, 15) is 4.79 Å². The van der Waals surface area contributed by atoms with Crippen LogP contribution in [0.25, 0.3) is 6.08 Å². The molecule has 28 heavy (non-hydrogen) atoms. The molecule has 0 aliphatic rings. The summed E-state index contributed by atoms with van der Waals surface area (Å²) in [6.07, 6.45) is 2.66. The van der Waals surface area contributed by atoms with Crippen LogP contribution < -0.4 is 10.2 Å². The van der Waals surface area contributed by atoms with E-state index in [1.54, 1.807) is 0 Å². The summed E-state index contributed by atoms with van der Waals surface area (Å²) in [5.41, 5.74) is 5.10. The molecule has 0 aliphatic heterocycles. The number of carbonyl (C=O) groups excluding carboxylic acids is 1. The summed E-state index contributed by atoms with van der Waals surface area (Å²) in [5, 5.41) is 2.87. The van der Waals surface area contributed by atoms with Crippen LogP contribution in [0.2, 0.25) is 0 Å². The molecule has 3 rings (SSSR count). The Hall–Kier alpha value is -3.33. The van der Waals surface area contributed by atoms with Crippen LogP contribution >= 0.6 is 0 Å². The molecule has 0 radical (unpaired) electrons. The van der Waals surface area contributed by atoms with Gasteiger partial charge < -0.3 is 10.2 Å². The molecule has 0 atom stereocenters. The number of anilines is 3. The van der Waals surface area contributed by atoms with Crippen LogP contribution in [0.1, 0.15) is 25.8 Å². The van der Waals surface area contributed by atoms with Crippen LogP contribution in [0, 0.1) is 0 Å². The number of amides is 1.